The first-order valence-electron chi connectivity index (χ1n) is 6.54. The van der Waals surface area contributed by atoms with Crippen molar-refractivity contribution < 1.29 is 9.53 Å². The van der Waals surface area contributed by atoms with Gasteiger partial charge in [0.1, 0.15) is 5.60 Å². The Morgan fingerprint density at radius 1 is 1.39 bits per heavy atom. The Morgan fingerprint density at radius 3 is 2.39 bits per heavy atom. The molecule has 5 heteroatoms. The van der Waals surface area contributed by atoms with Crippen LogP contribution >= 0.6 is 12.4 Å². The van der Waals surface area contributed by atoms with E-state index in [0.717, 1.165) is 32.5 Å². The molecule has 2 fully saturated rings. The molecule has 2 N–H and O–H groups in total. The van der Waals surface area contributed by atoms with Gasteiger partial charge < -0.3 is 15.4 Å². The molecule has 4 nitrogen and oxygen atoms in total. The molecule has 106 valence electrons. The first-order valence-corrected chi connectivity index (χ1v) is 6.54. The highest BCUT2D eigenvalue weighted by molar-refractivity contribution is 5.85. The van der Waals surface area contributed by atoms with Gasteiger partial charge in [-0.25, -0.2) is 0 Å². The number of rotatable bonds is 4. The van der Waals surface area contributed by atoms with Crippen LogP contribution < -0.4 is 10.6 Å². The third kappa shape index (κ3) is 3.16. The van der Waals surface area contributed by atoms with Gasteiger partial charge in [-0.15, -0.1) is 12.4 Å². The van der Waals surface area contributed by atoms with E-state index < -0.39 is 5.60 Å². The lowest BCUT2D eigenvalue weighted by atomic mass is 9.91. The molecular weight excluding hydrogens is 252 g/mol. The first-order chi connectivity index (χ1) is 8.00. The Kier molecular flexibility index (Phi) is 5.04. The van der Waals surface area contributed by atoms with Gasteiger partial charge in [-0.2, -0.15) is 0 Å². The van der Waals surface area contributed by atoms with Crippen LogP contribution in [-0.2, 0) is 9.53 Å². The van der Waals surface area contributed by atoms with Gasteiger partial charge in [-0.05, 0) is 43.7 Å². The molecule has 2 rings (SSSR count). The molecule has 0 radical (unpaired) electrons. The Morgan fingerprint density at radius 2 is 1.94 bits per heavy atom. The molecule has 1 unspecified atom stereocenters. The maximum absolute atomic E-state index is 12.2. The number of carbonyl (C=O) groups is 1. The average molecular weight is 277 g/mol. The topological polar surface area (TPSA) is 50.4 Å². The van der Waals surface area contributed by atoms with E-state index in [1.54, 1.807) is 7.11 Å². The number of ether oxygens (including phenoxy) is 1. The van der Waals surface area contributed by atoms with E-state index in [4.69, 9.17) is 4.74 Å². The fourth-order valence-corrected chi connectivity index (χ4v) is 2.66. The molecule has 0 aromatic carbocycles. The van der Waals surface area contributed by atoms with Crippen molar-refractivity contribution >= 4 is 18.3 Å². The molecule has 1 saturated carbocycles. The van der Waals surface area contributed by atoms with E-state index in [2.05, 4.69) is 24.5 Å². The van der Waals surface area contributed by atoms with Gasteiger partial charge in [0.2, 0.25) is 0 Å². The predicted molar refractivity (Wildman–Crippen MR) is 74.0 cm³/mol. The Labute approximate surface area is 116 Å². The molecule has 0 spiro atoms. The standard InChI is InChI=1S/C13H24N2O2.ClH/c1-12(2)8-10(12)9-15-11(16)13(17-3)4-6-14-7-5-13;/h10,14H,4-9H2,1-3H3,(H,15,16);1H. The summed E-state index contributed by atoms with van der Waals surface area (Å²) in [5.74, 6) is 0.714. The van der Waals surface area contributed by atoms with Crippen LogP contribution in [0.3, 0.4) is 0 Å². The monoisotopic (exact) mass is 276 g/mol. The van der Waals surface area contributed by atoms with Gasteiger partial charge in [0.15, 0.2) is 0 Å². The second-order valence-electron chi connectivity index (χ2n) is 6.05. The first kappa shape index (κ1) is 15.7. The minimum absolute atomic E-state index is 0. The maximum atomic E-state index is 12.2. The van der Waals surface area contributed by atoms with Gasteiger partial charge in [0.25, 0.3) is 5.91 Å². The van der Waals surface area contributed by atoms with Crippen molar-refractivity contribution in [2.75, 3.05) is 26.7 Å². The summed E-state index contributed by atoms with van der Waals surface area (Å²) in [5.41, 5.74) is -0.175. The number of hydrogen-bond acceptors (Lipinski definition) is 3. The summed E-state index contributed by atoms with van der Waals surface area (Å²) in [6.45, 7) is 7.01. The largest absolute Gasteiger partial charge is 0.368 e. The van der Waals surface area contributed by atoms with Crippen molar-refractivity contribution in [3.63, 3.8) is 0 Å². The summed E-state index contributed by atoms with van der Waals surface area (Å²) < 4.78 is 5.49. The van der Waals surface area contributed by atoms with Gasteiger partial charge >= 0.3 is 0 Å². The van der Waals surface area contributed by atoms with Crippen LogP contribution in [0.2, 0.25) is 0 Å². The quantitative estimate of drug-likeness (QED) is 0.815. The Hall–Kier alpha value is -0.320. The van der Waals surface area contributed by atoms with E-state index in [1.807, 2.05) is 0 Å². The van der Waals surface area contributed by atoms with Crippen molar-refractivity contribution in [3.8, 4) is 0 Å². The molecule has 1 heterocycles. The van der Waals surface area contributed by atoms with Gasteiger partial charge in [0, 0.05) is 13.7 Å². The van der Waals surface area contributed by atoms with Crippen molar-refractivity contribution in [2.24, 2.45) is 11.3 Å². The zero-order valence-electron chi connectivity index (χ0n) is 11.5. The van der Waals surface area contributed by atoms with Gasteiger partial charge in [0.05, 0.1) is 0 Å². The fraction of sp³-hybridized carbons (Fsp3) is 0.923. The zero-order valence-corrected chi connectivity index (χ0v) is 12.4. The van der Waals surface area contributed by atoms with E-state index in [0.29, 0.717) is 11.3 Å². The highest BCUT2D eigenvalue weighted by atomic mass is 35.5. The Balaban J connectivity index is 0.00000162. The second kappa shape index (κ2) is 5.76. The predicted octanol–water partition coefficient (Wildman–Crippen LogP) is 1.34. The number of halogens is 1. The van der Waals surface area contributed by atoms with Crippen LogP contribution in [0.1, 0.15) is 33.1 Å². The van der Waals surface area contributed by atoms with Crippen LogP contribution in [0.25, 0.3) is 0 Å². The van der Waals surface area contributed by atoms with Crippen molar-refractivity contribution in [2.45, 2.75) is 38.7 Å². The molecule has 1 saturated heterocycles. The number of piperidine rings is 1. The smallest absolute Gasteiger partial charge is 0.252 e. The molecular formula is C13H25ClN2O2. The Bertz CT molecular complexity index is 301. The van der Waals surface area contributed by atoms with Crippen LogP contribution in [0.5, 0.6) is 0 Å². The summed E-state index contributed by atoms with van der Waals surface area (Å²) in [7, 11) is 1.64. The fourth-order valence-electron chi connectivity index (χ4n) is 2.66. The zero-order chi connectivity index (χ0) is 12.5. The van der Waals surface area contributed by atoms with E-state index in [-0.39, 0.29) is 18.3 Å². The molecule has 1 amide bonds. The number of nitrogens with one attached hydrogen (secondary N) is 2. The van der Waals surface area contributed by atoms with Crippen molar-refractivity contribution in [3.05, 3.63) is 0 Å². The average Bonchev–Trinajstić information content (AvgIpc) is 2.95. The number of amides is 1. The van der Waals surface area contributed by atoms with E-state index in [1.165, 1.54) is 6.42 Å². The summed E-state index contributed by atoms with van der Waals surface area (Å²) in [6, 6.07) is 0. The maximum Gasteiger partial charge on any atom is 0.252 e. The second-order valence-corrected chi connectivity index (χ2v) is 6.05. The van der Waals surface area contributed by atoms with Crippen LogP contribution in [0, 0.1) is 11.3 Å². The lowest BCUT2D eigenvalue weighted by molar-refractivity contribution is -0.146. The van der Waals surface area contributed by atoms with Crippen molar-refractivity contribution in [1.82, 2.24) is 10.6 Å². The molecule has 2 aliphatic rings. The molecule has 18 heavy (non-hydrogen) atoms. The minimum Gasteiger partial charge on any atom is -0.368 e. The highest BCUT2D eigenvalue weighted by Gasteiger charge is 2.46. The highest BCUT2D eigenvalue weighted by Crippen LogP contribution is 2.51. The third-order valence-corrected chi connectivity index (χ3v) is 4.44. The van der Waals surface area contributed by atoms with Gasteiger partial charge in [-0.1, -0.05) is 13.8 Å². The third-order valence-electron chi connectivity index (χ3n) is 4.44. The normalized spacial score (nSPS) is 28.1. The molecule has 1 aliphatic carbocycles. The summed E-state index contributed by atoms with van der Waals surface area (Å²) in [5, 5.41) is 6.33. The lowest BCUT2D eigenvalue weighted by Gasteiger charge is -2.34. The molecule has 0 aromatic heterocycles. The number of methoxy groups -OCH3 is 1. The summed E-state index contributed by atoms with van der Waals surface area (Å²) >= 11 is 0. The summed E-state index contributed by atoms with van der Waals surface area (Å²) in [6.07, 6.45) is 2.75. The van der Waals surface area contributed by atoms with Crippen LogP contribution in [0.4, 0.5) is 0 Å². The SMILES string of the molecule is COC1(C(=O)NCC2CC2(C)C)CCNCC1.Cl. The van der Waals surface area contributed by atoms with Crippen LogP contribution in [-0.4, -0.2) is 38.3 Å². The number of hydrogen-bond donors (Lipinski definition) is 2. The lowest BCUT2D eigenvalue weighted by Crippen LogP contribution is -2.54. The van der Waals surface area contributed by atoms with E-state index in [9.17, 15) is 4.79 Å². The minimum atomic E-state index is -0.593. The van der Waals surface area contributed by atoms with Crippen molar-refractivity contribution in [1.29, 1.82) is 0 Å². The molecule has 0 bridgehead atoms. The van der Waals surface area contributed by atoms with Crippen LogP contribution in [0.15, 0.2) is 0 Å². The summed E-state index contributed by atoms with van der Waals surface area (Å²) in [4.78, 5) is 12.2. The molecule has 0 aromatic rings. The number of carbonyl (C=O) groups excluding carboxylic acids is 1. The molecule has 1 atom stereocenters. The van der Waals surface area contributed by atoms with Gasteiger partial charge in [-0.3, -0.25) is 4.79 Å². The van der Waals surface area contributed by atoms with E-state index >= 15 is 0 Å². The molecule has 1 aliphatic heterocycles.